The molecule has 1 aliphatic heterocycles. The highest BCUT2D eigenvalue weighted by atomic mass is 16.5. The van der Waals surface area contributed by atoms with Gasteiger partial charge in [-0.15, -0.1) is 0 Å². The molecule has 122 valence electrons. The largest absolute Gasteiger partial charge is 0.493 e. The molecule has 6 nitrogen and oxygen atoms in total. The van der Waals surface area contributed by atoms with Gasteiger partial charge in [-0.2, -0.15) is 0 Å². The van der Waals surface area contributed by atoms with Crippen molar-refractivity contribution in [3.63, 3.8) is 0 Å². The summed E-state index contributed by atoms with van der Waals surface area (Å²) in [5, 5.41) is 6.34. The zero-order valence-corrected chi connectivity index (χ0v) is 13.4. The van der Waals surface area contributed by atoms with E-state index in [0.29, 0.717) is 17.2 Å². The fraction of sp³-hybridized carbons (Fsp3) is 0.562. The van der Waals surface area contributed by atoms with Crippen LogP contribution in [0.25, 0.3) is 0 Å². The predicted octanol–water partition coefficient (Wildman–Crippen LogP) is 1.12. The number of ether oxygens (including phenoxy) is 3. The average molecular weight is 308 g/mol. The van der Waals surface area contributed by atoms with Crippen LogP contribution in [0.4, 0.5) is 0 Å². The highest BCUT2D eigenvalue weighted by Crippen LogP contribution is 2.38. The van der Waals surface area contributed by atoms with E-state index in [-0.39, 0.29) is 18.4 Å². The van der Waals surface area contributed by atoms with E-state index < -0.39 is 0 Å². The second kappa shape index (κ2) is 7.89. The Labute approximate surface area is 131 Å². The Kier molecular flexibility index (Phi) is 5.89. The third-order valence-electron chi connectivity index (χ3n) is 3.75. The molecule has 0 aromatic heterocycles. The van der Waals surface area contributed by atoms with Gasteiger partial charge in [-0.1, -0.05) is 0 Å². The second-order valence-corrected chi connectivity index (χ2v) is 5.32. The number of amides is 1. The third-order valence-corrected chi connectivity index (χ3v) is 3.75. The number of methoxy groups -OCH3 is 3. The number of hydrogen-bond donors (Lipinski definition) is 2. The van der Waals surface area contributed by atoms with Gasteiger partial charge in [-0.05, 0) is 37.1 Å². The van der Waals surface area contributed by atoms with Crippen LogP contribution >= 0.6 is 0 Å². The van der Waals surface area contributed by atoms with Gasteiger partial charge in [-0.3, -0.25) is 4.79 Å². The van der Waals surface area contributed by atoms with Crippen molar-refractivity contribution in [2.45, 2.75) is 25.3 Å². The van der Waals surface area contributed by atoms with Gasteiger partial charge in [0.2, 0.25) is 11.7 Å². The summed E-state index contributed by atoms with van der Waals surface area (Å²) in [6, 6.07) is 3.82. The van der Waals surface area contributed by atoms with Gasteiger partial charge in [0.1, 0.15) is 0 Å². The summed E-state index contributed by atoms with van der Waals surface area (Å²) in [6.45, 7) is 1.86. The molecule has 6 heteroatoms. The van der Waals surface area contributed by atoms with Crippen LogP contribution in [0.3, 0.4) is 0 Å². The van der Waals surface area contributed by atoms with Gasteiger partial charge in [0.15, 0.2) is 11.5 Å². The van der Waals surface area contributed by atoms with Crippen LogP contribution in [0, 0.1) is 0 Å². The molecule has 1 aliphatic rings. The molecule has 0 spiro atoms. The minimum Gasteiger partial charge on any atom is -0.493 e. The van der Waals surface area contributed by atoms with Crippen LogP contribution in [0.15, 0.2) is 12.1 Å². The van der Waals surface area contributed by atoms with E-state index in [1.165, 1.54) is 0 Å². The van der Waals surface area contributed by atoms with Crippen molar-refractivity contribution in [3.8, 4) is 17.2 Å². The van der Waals surface area contributed by atoms with Gasteiger partial charge in [0.05, 0.1) is 27.8 Å². The molecule has 1 aromatic rings. The van der Waals surface area contributed by atoms with Gasteiger partial charge >= 0.3 is 0 Å². The SMILES string of the molecule is COc1cc(CC(=O)N[C@H]2CCCNC2)cc(OC)c1OC. The standard InChI is InChI=1S/C16H24N2O4/c1-20-13-7-11(8-14(21-2)16(13)22-3)9-15(19)18-12-5-4-6-17-10-12/h7-8,12,17H,4-6,9-10H2,1-3H3,(H,18,19)/t12-/m0/s1. The first-order chi connectivity index (χ1) is 10.7. The van der Waals surface area contributed by atoms with E-state index in [1.807, 2.05) is 0 Å². The molecule has 1 atom stereocenters. The van der Waals surface area contributed by atoms with Crippen molar-refractivity contribution in [1.29, 1.82) is 0 Å². The second-order valence-electron chi connectivity index (χ2n) is 5.32. The molecule has 1 saturated heterocycles. The van der Waals surface area contributed by atoms with Crippen molar-refractivity contribution in [3.05, 3.63) is 17.7 Å². The Balaban J connectivity index is 2.06. The first-order valence-corrected chi connectivity index (χ1v) is 7.47. The van der Waals surface area contributed by atoms with Crippen LogP contribution in [0.1, 0.15) is 18.4 Å². The lowest BCUT2D eigenvalue weighted by Crippen LogP contribution is -2.46. The Hall–Kier alpha value is -1.95. The monoisotopic (exact) mass is 308 g/mol. The van der Waals surface area contributed by atoms with Crippen molar-refractivity contribution in [2.24, 2.45) is 0 Å². The molecule has 1 fully saturated rings. The minimum absolute atomic E-state index is 0.00275. The number of benzene rings is 1. The van der Waals surface area contributed by atoms with E-state index in [4.69, 9.17) is 14.2 Å². The lowest BCUT2D eigenvalue weighted by molar-refractivity contribution is -0.121. The van der Waals surface area contributed by atoms with Gasteiger partial charge in [0.25, 0.3) is 0 Å². The van der Waals surface area contributed by atoms with Crippen molar-refractivity contribution < 1.29 is 19.0 Å². The highest BCUT2D eigenvalue weighted by Gasteiger charge is 2.18. The zero-order chi connectivity index (χ0) is 15.9. The average Bonchev–Trinajstić information content (AvgIpc) is 2.54. The molecule has 0 aliphatic carbocycles. The van der Waals surface area contributed by atoms with Crippen LogP contribution in [0.5, 0.6) is 17.2 Å². The summed E-state index contributed by atoms with van der Waals surface area (Å²) in [5.74, 6) is 1.65. The number of carbonyl (C=O) groups is 1. The van der Waals surface area contributed by atoms with E-state index in [0.717, 1.165) is 31.5 Å². The summed E-state index contributed by atoms with van der Waals surface area (Å²) in [7, 11) is 4.69. The van der Waals surface area contributed by atoms with Crippen LogP contribution in [-0.2, 0) is 11.2 Å². The molecule has 0 saturated carbocycles. The first kappa shape index (κ1) is 16.4. The number of nitrogens with one attached hydrogen (secondary N) is 2. The Morgan fingerprint density at radius 2 is 1.91 bits per heavy atom. The molecule has 1 amide bonds. The van der Waals surface area contributed by atoms with E-state index in [9.17, 15) is 4.79 Å². The quantitative estimate of drug-likeness (QED) is 0.824. The molecule has 2 N–H and O–H groups in total. The van der Waals surface area contributed by atoms with Gasteiger partial charge < -0.3 is 24.8 Å². The summed E-state index contributed by atoms with van der Waals surface area (Å²) in [6.07, 6.45) is 2.40. The smallest absolute Gasteiger partial charge is 0.224 e. The van der Waals surface area contributed by atoms with Crippen LogP contribution in [-0.4, -0.2) is 46.4 Å². The number of carbonyl (C=O) groups excluding carboxylic acids is 1. The first-order valence-electron chi connectivity index (χ1n) is 7.47. The van der Waals surface area contributed by atoms with Crippen molar-refractivity contribution in [1.82, 2.24) is 10.6 Å². The number of hydrogen-bond acceptors (Lipinski definition) is 5. The summed E-state index contributed by atoms with van der Waals surface area (Å²) < 4.78 is 15.9. The Morgan fingerprint density at radius 3 is 2.41 bits per heavy atom. The molecule has 0 unspecified atom stereocenters. The third kappa shape index (κ3) is 4.04. The molecule has 1 heterocycles. The zero-order valence-electron chi connectivity index (χ0n) is 13.4. The van der Waals surface area contributed by atoms with E-state index >= 15 is 0 Å². The van der Waals surface area contributed by atoms with Crippen LogP contribution < -0.4 is 24.8 Å². The molecular formula is C16H24N2O4. The summed E-state index contributed by atoms with van der Waals surface area (Å²) >= 11 is 0. The lowest BCUT2D eigenvalue weighted by atomic mass is 10.1. The molecule has 0 radical (unpaired) electrons. The Bertz CT molecular complexity index is 488. The minimum atomic E-state index is 0.00275. The van der Waals surface area contributed by atoms with Crippen molar-refractivity contribution in [2.75, 3.05) is 34.4 Å². The Morgan fingerprint density at radius 1 is 1.23 bits per heavy atom. The fourth-order valence-electron chi connectivity index (χ4n) is 2.68. The fourth-order valence-corrected chi connectivity index (χ4v) is 2.68. The summed E-state index contributed by atoms with van der Waals surface area (Å²) in [4.78, 5) is 12.2. The topological polar surface area (TPSA) is 68.8 Å². The highest BCUT2D eigenvalue weighted by molar-refractivity contribution is 5.79. The predicted molar refractivity (Wildman–Crippen MR) is 83.8 cm³/mol. The lowest BCUT2D eigenvalue weighted by Gasteiger charge is -2.24. The number of rotatable bonds is 6. The number of piperidine rings is 1. The van der Waals surface area contributed by atoms with Gasteiger partial charge in [0, 0.05) is 12.6 Å². The molecular weight excluding hydrogens is 284 g/mol. The maximum absolute atomic E-state index is 12.2. The maximum Gasteiger partial charge on any atom is 0.224 e. The normalized spacial score (nSPS) is 17.7. The van der Waals surface area contributed by atoms with Crippen molar-refractivity contribution >= 4 is 5.91 Å². The molecule has 1 aromatic carbocycles. The molecule has 2 rings (SSSR count). The molecule has 22 heavy (non-hydrogen) atoms. The maximum atomic E-state index is 12.2. The molecule has 0 bridgehead atoms. The van der Waals surface area contributed by atoms with Gasteiger partial charge in [-0.25, -0.2) is 0 Å². The van der Waals surface area contributed by atoms with E-state index in [1.54, 1.807) is 33.5 Å². The summed E-state index contributed by atoms with van der Waals surface area (Å²) in [5.41, 5.74) is 0.829. The van der Waals surface area contributed by atoms with E-state index in [2.05, 4.69) is 10.6 Å². The van der Waals surface area contributed by atoms with Crippen LogP contribution in [0.2, 0.25) is 0 Å².